The molecular weight excluding hydrogens is 238 g/mol. The zero-order chi connectivity index (χ0) is 10.9. The first kappa shape index (κ1) is 15.2. The van der Waals surface area contributed by atoms with Gasteiger partial charge in [0.1, 0.15) is 0 Å². The Morgan fingerprint density at radius 3 is 1.94 bits per heavy atom. The Kier molecular flexibility index (Phi) is 8.93. The Morgan fingerprint density at radius 1 is 1.00 bits per heavy atom. The van der Waals surface area contributed by atoms with Crippen molar-refractivity contribution in [3.8, 4) is 0 Å². The summed E-state index contributed by atoms with van der Waals surface area (Å²) >= 11 is 0. The van der Waals surface area contributed by atoms with Crippen LogP contribution in [-0.4, -0.2) is 20.6 Å². The maximum Gasteiger partial charge on any atom is 0.0701 e. The standard InChI is InChI=1S/C9H14N.C5H5.Fe/c1-10(2)8-7-9-5-3-4-6-9;1-2-4-5-3-1;/h3-6H,7-8H2,1-2H3;1-5H;/q2*-1;/p+1. The van der Waals surface area contributed by atoms with E-state index in [9.17, 15) is 0 Å². The molecule has 2 rings (SSSR count). The molecule has 0 fully saturated rings. The van der Waals surface area contributed by atoms with Gasteiger partial charge in [-0.25, -0.2) is 24.3 Å². The van der Waals surface area contributed by atoms with Crippen LogP contribution in [0.25, 0.3) is 0 Å². The molecule has 0 aliphatic heterocycles. The Labute approximate surface area is 109 Å². The van der Waals surface area contributed by atoms with E-state index >= 15 is 0 Å². The van der Waals surface area contributed by atoms with Gasteiger partial charge in [-0.05, 0) is 6.42 Å². The van der Waals surface area contributed by atoms with Gasteiger partial charge in [0.05, 0.1) is 20.6 Å². The summed E-state index contributed by atoms with van der Waals surface area (Å²) in [5.41, 5.74) is 1.46. The number of rotatable bonds is 3. The molecule has 0 atom stereocenters. The molecule has 0 aliphatic carbocycles. The average Bonchev–Trinajstić information content (AvgIpc) is 2.91. The van der Waals surface area contributed by atoms with E-state index in [0.29, 0.717) is 0 Å². The van der Waals surface area contributed by atoms with Crippen LogP contribution in [0.1, 0.15) is 5.56 Å². The summed E-state index contributed by atoms with van der Waals surface area (Å²) in [6, 6.07) is 18.6. The first-order chi connectivity index (χ1) is 7.29. The maximum absolute atomic E-state index is 2.18. The summed E-state index contributed by atoms with van der Waals surface area (Å²) in [6.45, 7) is 1.23. The molecule has 0 saturated carbocycles. The Bertz CT molecular complexity index is 291. The van der Waals surface area contributed by atoms with Crippen LogP contribution in [-0.2, 0) is 23.5 Å². The van der Waals surface area contributed by atoms with Crippen LogP contribution in [0.3, 0.4) is 0 Å². The largest absolute Gasteiger partial charge is 0.340 e. The van der Waals surface area contributed by atoms with E-state index in [4.69, 9.17) is 0 Å². The molecule has 90 valence electrons. The van der Waals surface area contributed by atoms with E-state index < -0.39 is 0 Å². The van der Waals surface area contributed by atoms with Crippen molar-refractivity contribution in [2.75, 3.05) is 20.6 Å². The number of quaternary nitrogens is 1. The first-order valence-corrected chi connectivity index (χ1v) is 5.45. The molecule has 16 heavy (non-hydrogen) atoms. The third-order valence-corrected chi connectivity index (χ3v) is 2.20. The molecule has 0 spiro atoms. The number of nitrogens with one attached hydrogen (secondary N) is 1. The van der Waals surface area contributed by atoms with Gasteiger partial charge in [-0.15, -0.1) is 0 Å². The van der Waals surface area contributed by atoms with Gasteiger partial charge in [-0.2, -0.15) is 35.9 Å². The third-order valence-electron chi connectivity index (χ3n) is 2.20. The summed E-state index contributed by atoms with van der Waals surface area (Å²) in [6.07, 6.45) is 1.20. The van der Waals surface area contributed by atoms with Gasteiger partial charge in [-0.1, -0.05) is 0 Å². The van der Waals surface area contributed by atoms with Crippen molar-refractivity contribution in [2.24, 2.45) is 0 Å². The number of hydrogen-bond acceptors (Lipinski definition) is 0. The quantitative estimate of drug-likeness (QED) is 0.628. The van der Waals surface area contributed by atoms with Crippen LogP contribution < -0.4 is 4.90 Å². The zero-order valence-corrected chi connectivity index (χ0v) is 11.1. The minimum Gasteiger partial charge on any atom is -0.340 e. The summed E-state index contributed by atoms with van der Waals surface area (Å²) < 4.78 is 0. The van der Waals surface area contributed by atoms with Crippen LogP contribution >= 0.6 is 0 Å². The fourth-order valence-corrected chi connectivity index (χ4v) is 1.30. The molecule has 0 heterocycles. The van der Waals surface area contributed by atoms with Crippen LogP contribution in [0.4, 0.5) is 0 Å². The van der Waals surface area contributed by atoms with Crippen molar-refractivity contribution in [1.82, 2.24) is 0 Å². The molecule has 0 radical (unpaired) electrons. The van der Waals surface area contributed by atoms with Crippen molar-refractivity contribution < 1.29 is 22.0 Å². The second-order valence-electron chi connectivity index (χ2n) is 3.96. The predicted octanol–water partition coefficient (Wildman–Crippen LogP) is 1.50. The van der Waals surface area contributed by atoms with Gasteiger partial charge in [-0.3, -0.25) is 0 Å². The van der Waals surface area contributed by atoms with E-state index in [0.717, 1.165) is 0 Å². The number of likely N-dealkylation sites (N-methyl/N-ethyl adjacent to an activating group) is 1. The fourth-order valence-electron chi connectivity index (χ4n) is 1.30. The van der Waals surface area contributed by atoms with Gasteiger partial charge in [0.25, 0.3) is 0 Å². The fraction of sp³-hybridized carbons (Fsp3) is 0.286. The van der Waals surface area contributed by atoms with E-state index in [2.05, 4.69) is 38.4 Å². The molecule has 0 amide bonds. The molecule has 0 saturated heterocycles. The van der Waals surface area contributed by atoms with Crippen LogP contribution in [0.5, 0.6) is 0 Å². The van der Waals surface area contributed by atoms with E-state index in [1.165, 1.54) is 23.4 Å². The first-order valence-electron chi connectivity index (χ1n) is 5.45. The summed E-state index contributed by atoms with van der Waals surface area (Å²) in [4.78, 5) is 1.52. The minimum atomic E-state index is 0. The molecule has 0 unspecified atom stereocenters. The SMILES string of the molecule is C[NH+](C)CC[c-]1cccc1.[Fe].c1cc[cH-]c1. The van der Waals surface area contributed by atoms with E-state index in [1.54, 1.807) is 0 Å². The molecule has 0 bridgehead atoms. The third kappa shape index (κ3) is 7.47. The second-order valence-corrected chi connectivity index (χ2v) is 3.96. The molecule has 2 heteroatoms. The van der Waals surface area contributed by atoms with Gasteiger partial charge < -0.3 is 4.90 Å². The number of hydrogen-bond donors (Lipinski definition) is 1. The molecule has 0 aliphatic rings. The molecular formula is C14H20FeN-. The van der Waals surface area contributed by atoms with Crippen molar-refractivity contribution in [2.45, 2.75) is 6.42 Å². The second kappa shape index (κ2) is 9.41. The average molecular weight is 258 g/mol. The van der Waals surface area contributed by atoms with Crippen molar-refractivity contribution in [1.29, 1.82) is 0 Å². The molecule has 1 nitrogen and oxygen atoms in total. The van der Waals surface area contributed by atoms with Crippen molar-refractivity contribution in [3.05, 3.63) is 60.2 Å². The molecule has 2 aromatic carbocycles. The van der Waals surface area contributed by atoms with E-state index in [-0.39, 0.29) is 17.1 Å². The minimum absolute atomic E-state index is 0. The van der Waals surface area contributed by atoms with Crippen LogP contribution in [0.2, 0.25) is 0 Å². The normalized spacial score (nSPS) is 9.19. The summed E-state index contributed by atoms with van der Waals surface area (Å²) in [7, 11) is 4.37. The molecule has 0 aromatic heterocycles. The molecule has 2 aromatic rings. The predicted molar refractivity (Wildman–Crippen MR) is 65.5 cm³/mol. The smallest absolute Gasteiger partial charge is 0.0701 e. The van der Waals surface area contributed by atoms with Crippen LogP contribution in [0.15, 0.2) is 54.6 Å². The zero-order valence-electron chi connectivity index (χ0n) is 9.96. The summed E-state index contributed by atoms with van der Waals surface area (Å²) in [5.74, 6) is 0. The van der Waals surface area contributed by atoms with Crippen molar-refractivity contribution >= 4 is 0 Å². The summed E-state index contributed by atoms with van der Waals surface area (Å²) in [5, 5.41) is 0. The maximum atomic E-state index is 2.18. The van der Waals surface area contributed by atoms with E-state index in [1.807, 2.05) is 30.3 Å². The van der Waals surface area contributed by atoms with Crippen molar-refractivity contribution in [3.63, 3.8) is 0 Å². The monoisotopic (exact) mass is 258 g/mol. The van der Waals surface area contributed by atoms with Gasteiger partial charge in [0, 0.05) is 17.1 Å². The van der Waals surface area contributed by atoms with Gasteiger partial charge in [0.2, 0.25) is 0 Å². The van der Waals surface area contributed by atoms with Gasteiger partial charge >= 0.3 is 0 Å². The van der Waals surface area contributed by atoms with Gasteiger partial charge in [0.15, 0.2) is 0 Å². The molecule has 1 N–H and O–H groups in total. The topological polar surface area (TPSA) is 4.44 Å². The Balaban J connectivity index is 0.000000318. The van der Waals surface area contributed by atoms with Crippen LogP contribution in [0, 0.1) is 0 Å². The Morgan fingerprint density at radius 2 is 1.56 bits per heavy atom. The Hall–Kier alpha value is -0.821.